The van der Waals surface area contributed by atoms with Crippen LogP contribution >= 0.6 is 0 Å². The van der Waals surface area contributed by atoms with Crippen LogP contribution in [0.3, 0.4) is 0 Å². The lowest BCUT2D eigenvalue weighted by atomic mass is 9.90. The van der Waals surface area contributed by atoms with E-state index in [1.54, 1.807) is 12.1 Å². The van der Waals surface area contributed by atoms with E-state index in [-0.39, 0.29) is 0 Å². The molecule has 0 saturated carbocycles. The zero-order valence-corrected chi connectivity index (χ0v) is 9.70. The highest BCUT2D eigenvalue weighted by molar-refractivity contribution is 6.04. The third-order valence-corrected chi connectivity index (χ3v) is 2.82. The predicted octanol–water partition coefficient (Wildman–Crippen LogP) is 0.505. The van der Waals surface area contributed by atoms with Crippen molar-refractivity contribution < 1.29 is 19.8 Å². The number of hydrogen-bond acceptors (Lipinski definition) is 5. The third-order valence-electron chi connectivity index (χ3n) is 2.82. The first kappa shape index (κ1) is 12.0. The number of aliphatic hydroxyl groups is 2. The topological polar surface area (TPSA) is 71.3 Å². The van der Waals surface area contributed by atoms with Crippen molar-refractivity contribution in [2.75, 3.05) is 7.11 Å². The second-order valence-electron chi connectivity index (χ2n) is 4.14. The van der Waals surface area contributed by atoms with Crippen LogP contribution in [0.1, 0.15) is 12.5 Å². The van der Waals surface area contributed by atoms with Gasteiger partial charge in [-0.05, 0) is 6.92 Å². The zero-order valence-electron chi connectivity index (χ0n) is 9.70. The quantitative estimate of drug-likeness (QED) is 0.786. The van der Waals surface area contributed by atoms with Crippen LogP contribution in [-0.4, -0.2) is 41.0 Å². The third kappa shape index (κ3) is 2.04. The van der Waals surface area contributed by atoms with Gasteiger partial charge in [0.1, 0.15) is 11.8 Å². The van der Waals surface area contributed by atoms with E-state index in [1.807, 2.05) is 18.2 Å². The Bertz CT molecular complexity index is 416. The molecule has 0 bridgehead atoms. The number of benzene rings is 1. The zero-order chi connectivity index (χ0) is 12.5. The maximum absolute atomic E-state index is 10.2. The summed E-state index contributed by atoms with van der Waals surface area (Å²) < 4.78 is 4.92. The van der Waals surface area contributed by atoms with Gasteiger partial charge in [-0.3, -0.25) is 0 Å². The van der Waals surface area contributed by atoms with E-state index in [9.17, 15) is 10.2 Å². The summed E-state index contributed by atoms with van der Waals surface area (Å²) in [5.41, 5.74) is -0.541. The lowest BCUT2D eigenvalue weighted by Gasteiger charge is -2.37. The largest absolute Gasteiger partial charge is 0.383 e. The Hall–Kier alpha value is -1.43. The Morgan fingerprint density at radius 3 is 2.59 bits per heavy atom. The molecule has 1 aliphatic rings. The molecule has 0 aromatic heterocycles. The molecular weight excluding hydrogens is 222 g/mol. The van der Waals surface area contributed by atoms with Crippen LogP contribution in [0.15, 0.2) is 35.5 Å². The number of methoxy groups -OCH3 is 1. The molecule has 2 rings (SSSR count). The Morgan fingerprint density at radius 1 is 1.35 bits per heavy atom. The Labute approximate surface area is 99.3 Å². The summed E-state index contributed by atoms with van der Waals surface area (Å²) in [7, 11) is 1.38. The van der Waals surface area contributed by atoms with Crippen molar-refractivity contribution in [3.63, 3.8) is 0 Å². The maximum Gasteiger partial charge on any atom is 0.258 e. The van der Waals surface area contributed by atoms with E-state index in [1.165, 1.54) is 14.0 Å². The Kier molecular flexibility index (Phi) is 3.15. The van der Waals surface area contributed by atoms with E-state index >= 15 is 0 Å². The van der Waals surface area contributed by atoms with Crippen LogP contribution in [0, 0.1) is 0 Å². The molecule has 0 amide bonds. The van der Waals surface area contributed by atoms with Gasteiger partial charge in [0.15, 0.2) is 5.60 Å². The summed E-state index contributed by atoms with van der Waals surface area (Å²) >= 11 is 0. The lowest BCUT2D eigenvalue weighted by molar-refractivity contribution is -0.250. The molecule has 0 fully saturated rings. The molecule has 92 valence electrons. The second kappa shape index (κ2) is 4.44. The number of nitrogens with zero attached hydrogens (tertiary/aromatic N) is 1. The first-order valence-corrected chi connectivity index (χ1v) is 5.29. The van der Waals surface area contributed by atoms with Gasteiger partial charge >= 0.3 is 0 Å². The van der Waals surface area contributed by atoms with E-state index < -0.39 is 18.0 Å². The molecule has 5 heteroatoms. The highest BCUT2D eigenvalue weighted by Crippen LogP contribution is 2.27. The van der Waals surface area contributed by atoms with Crippen LogP contribution in [0.25, 0.3) is 0 Å². The van der Waals surface area contributed by atoms with Crippen molar-refractivity contribution in [3.05, 3.63) is 35.9 Å². The molecular formula is C12H15NO4. The summed E-state index contributed by atoms with van der Waals surface area (Å²) in [6.07, 6.45) is -2.14. The maximum atomic E-state index is 10.2. The molecule has 1 heterocycles. The van der Waals surface area contributed by atoms with Crippen LogP contribution in [0.2, 0.25) is 0 Å². The second-order valence-corrected chi connectivity index (χ2v) is 4.14. The monoisotopic (exact) mass is 237 g/mol. The first-order valence-electron chi connectivity index (χ1n) is 5.29. The van der Waals surface area contributed by atoms with Gasteiger partial charge in [0.05, 0.1) is 0 Å². The summed E-state index contributed by atoms with van der Waals surface area (Å²) in [5.74, 6) is 0. The van der Waals surface area contributed by atoms with Crippen LogP contribution in [0.4, 0.5) is 0 Å². The van der Waals surface area contributed by atoms with Gasteiger partial charge in [-0.1, -0.05) is 35.5 Å². The smallest absolute Gasteiger partial charge is 0.258 e. The number of ether oxygens (including phenoxy) is 1. The molecule has 1 aromatic carbocycles. The van der Waals surface area contributed by atoms with Crippen molar-refractivity contribution in [1.82, 2.24) is 0 Å². The first-order chi connectivity index (χ1) is 8.07. The molecule has 1 aromatic rings. The lowest BCUT2D eigenvalue weighted by Crippen LogP contribution is -2.57. The van der Waals surface area contributed by atoms with Gasteiger partial charge in [-0.25, -0.2) is 0 Å². The summed E-state index contributed by atoms with van der Waals surface area (Å²) in [6, 6.07) is 9.07. The summed E-state index contributed by atoms with van der Waals surface area (Å²) in [5, 5.41) is 24.1. The van der Waals surface area contributed by atoms with E-state index in [0.717, 1.165) is 0 Å². The normalized spacial score (nSPS) is 32.8. The van der Waals surface area contributed by atoms with Crippen LogP contribution in [0.5, 0.6) is 0 Å². The Morgan fingerprint density at radius 2 is 2.00 bits per heavy atom. The minimum Gasteiger partial charge on any atom is -0.383 e. The number of oxime groups is 1. The van der Waals surface area contributed by atoms with Crippen molar-refractivity contribution in [2.24, 2.45) is 5.16 Å². The molecule has 0 radical (unpaired) electrons. The minimum absolute atomic E-state index is 0.295. The molecule has 0 spiro atoms. The van der Waals surface area contributed by atoms with E-state index in [0.29, 0.717) is 11.3 Å². The van der Waals surface area contributed by atoms with Crippen molar-refractivity contribution in [1.29, 1.82) is 0 Å². The summed E-state index contributed by atoms with van der Waals surface area (Å²) in [6.45, 7) is 1.45. The molecule has 5 nitrogen and oxygen atoms in total. The molecule has 3 atom stereocenters. The van der Waals surface area contributed by atoms with Gasteiger partial charge in [0.2, 0.25) is 0 Å². The van der Waals surface area contributed by atoms with E-state index in [2.05, 4.69) is 5.16 Å². The van der Waals surface area contributed by atoms with Gasteiger partial charge < -0.3 is 19.8 Å². The van der Waals surface area contributed by atoms with Crippen molar-refractivity contribution in [2.45, 2.75) is 24.9 Å². The average molecular weight is 237 g/mol. The van der Waals surface area contributed by atoms with Crippen molar-refractivity contribution >= 4 is 5.71 Å². The fourth-order valence-electron chi connectivity index (χ4n) is 1.77. The number of aliphatic hydroxyl groups excluding tert-OH is 1. The van der Waals surface area contributed by atoms with Crippen molar-refractivity contribution in [3.8, 4) is 0 Å². The van der Waals surface area contributed by atoms with Crippen LogP contribution in [-0.2, 0) is 9.57 Å². The van der Waals surface area contributed by atoms with Gasteiger partial charge in [-0.15, -0.1) is 0 Å². The molecule has 2 N–H and O–H groups in total. The van der Waals surface area contributed by atoms with E-state index in [4.69, 9.17) is 9.57 Å². The van der Waals surface area contributed by atoms with Gasteiger partial charge in [0, 0.05) is 12.7 Å². The standard InChI is InChI=1S/C12H15NO4/c1-12(15)10(14)9(13-17-11(12)16-2)8-6-4-3-5-7-8/h3-7,10-11,14-15H,1-2H3/t10-,11-,12-/m1/s1. The highest BCUT2D eigenvalue weighted by Gasteiger charge is 2.47. The molecule has 0 unspecified atom stereocenters. The highest BCUT2D eigenvalue weighted by atomic mass is 16.8. The molecule has 1 aliphatic heterocycles. The predicted molar refractivity (Wildman–Crippen MR) is 61.5 cm³/mol. The van der Waals surface area contributed by atoms with Crippen LogP contribution < -0.4 is 0 Å². The SMILES string of the molecule is CO[C@@H]1ON=C(c2ccccc2)[C@@H](O)[C@@]1(C)O. The molecule has 0 aliphatic carbocycles. The molecule has 0 saturated heterocycles. The Balaban J connectivity index is 2.35. The number of rotatable bonds is 2. The van der Waals surface area contributed by atoms with Gasteiger partial charge in [0.25, 0.3) is 6.29 Å². The fourth-order valence-corrected chi connectivity index (χ4v) is 1.77. The minimum atomic E-state index is -1.54. The van der Waals surface area contributed by atoms with Gasteiger partial charge in [-0.2, -0.15) is 0 Å². The molecule has 17 heavy (non-hydrogen) atoms. The number of hydrogen-bond donors (Lipinski definition) is 2. The average Bonchev–Trinajstić information content (AvgIpc) is 2.33. The summed E-state index contributed by atoms with van der Waals surface area (Å²) in [4.78, 5) is 5.04. The fraction of sp³-hybridized carbons (Fsp3) is 0.417.